The molecule has 2 saturated heterocycles. The van der Waals surface area contributed by atoms with Crippen LogP contribution in [0.1, 0.15) is 31.5 Å². The van der Waals surface area contributed by atoms with Gasteiger partial charge in [0.2, 0.25) is 5.89 Å². The van der Waals surface area contributed by atoms with Gasteiger partial charge in [-0.05, 0) is 26.7 Å². The van der Waals surface area contributed by atoms with E-state index < -0.39 is 0 Å². The minimum absolute atomic E-state index is 0. The molecule has 3 heterocycles. The molecule has 2 aliphatic rings. The van der Waals surface area contributed by atoms with Crippen LogP contribution in [0.3, 0.4) is 0 Å². The molecule has 0 radical (unpaired) electrons. The lowest BCUT2D eigenvalue weighted by molar-refractivity contribution is -0.0817. The van der Waals surface area contributed by atoms with Crippen molar-refractivity contribution in [3.63, 3.8) is 0 Å². The lowest BCUT2D eigenvalue weighted by atomic mass is 10.1. The fraction of sp³-hybridized carbons (Fsp3) is 0.800. The fourth-order valence-corrected chi connectivity index (χ4v) is 2.96. The molecule has 2 atom stereocenters. The molecule has 1 N–H and O–H groups in total. The molecule has 2 fully saturated rings. The summed E-state index contributed by atoms with van der Waals surface area (Å²) in [6.07, 6.45) is 2.52. The average Bonchev–Trinajstić information content (AvgIpc) is 3.23. The number of halogens is 1. The smallest absolute Gasteiger partial charge is 0.248 e. The summed E-state index contributed by atoms with van der Waals surface area (Å²) in [7, 11) is 0. The highest BCUT2D eigenvalue weighted by Crippen LogP contribution is 2.21. The number of aliphatic imine (C=N–C) groups is 1. The molecule has 0 aliphatic carbocycles. The Morgan fingerprint density at radius 1 is 1.33 bits per heavy atom. The largest absolute Gasteiger partial charge is 0.375 e. The summed E-state index contributed by atoms with van der Waals surface area (Å²) in [5, 5.41) is 7.12. The summed E-state index contributed by atoms with van der Waals surface area (Å²) >= 11 is 0. The molecule has 0 saturated carbocycles. The highest BCUT2D eigenvalue weighted by molar-refractivity contribution is 14.0. The highest BCUT2D eigenvalue weighted by atomic mass is 127. The Hall–Kier alpha value is -0.940. The third-order valence-electron chi connectivity index (χ3n) is 4.04. The molecule has 2 unspecified atom stereocenters. The Morgan fingerprint density at radius 3 is 2.83 bits per heavy atom. The van der Waals surface area contributed by atoms with Crippen molar-refractivity contribution >= 4 is 29.9 Å². The van der Waals surface area contributed by atoms with Crippen LogP contribution in [0, 0.1) is 6.92 Å². The van der Waals surface area contributed by atoms with Gasteiger partial charge < -0.3 is 24.2 Å². The van der Waals surface area contributed by atoms with Crippen molar-refractivity contribution in [3.05, 3.63) is 11.7 Å². The Morgan fingerprint density at radius 2 is 2.17 bits per heavy atom. The van der Waals surface area contributed by atoms with Crippen LogP contribution in [0.5, 0.6) is 0 Å². The Bertz CT molecular complexity index is 533. The number of hydrogen-bond donors (Lipinski definition) is 1. The van der Waals surface area contributed by atoms with Crippen LogP contribution < -0.4 is 5.32 Å². The minimum Gasteiger partial charge on any atom is -0.375 e. The predicted octanol–water partition coefficient (Wildman–Crippen LogP) is 1.34. The first-order valence-electron chi connectivity index (χ1n) is 8.32. The van der Waals surface area contributed by atoms with E-state index in [1.54, 1.807) is 6.92 Å². The van der Waals surface area contributed by atoms with Crippen LogP contribution in [-0.4, -0.2) is 66.1 Å². The van der Waals surface area contributed by atoms with Gasteiger partial charge in [-0.2, -0.15) is 4.98 Å². The molecule has 3 rings (SSSR count). The molecule has 9 heteroatoms. The van der Waals surface area contributed by atoms with Crippen molar-refractivity contribution in [1.29, 1.82) is 0 Å². The normalized spacial score (nSPS) is 24.8. The van der Waals surface area contributed by atoms with Crippen molar-refractivity contribution in [1.82, 2.24) is 20.4 Å². The van der Waals surface area contributed by atoms with Gasteiger partial charge in [0, 0.05) is 26.2 Å². The summed E-state index contributed by atoms with van der Waals surface area (Å²) in [5.74, 6) is 2.02. The second kappa shape index (κ2) is 9.52. The number of hydrogen-bond acceptors (Lipinski definition) is 6. The van der Waals surface area contributed by atoms with Crippen molar-refractivity contribution in [2.45, 2.75) is 45.4 Å². The van der Waals surface area contributed by atoms with E-state index >= 15 is 0 Å². The molecule has 0 aromatic carbocycles. The molecule has 0 spiro atoms. The van der Waals surface area contributed by atoms with E-state index in [-0.39, 0.29) is 36.2 Å². The quantitative estimate of drug-likeness (QED) is 0.420. The van der Waals surface area contributed by atoms with Gasteiger partial charge in [-0.25, -0.2) is 4.99 Å². The predicted molar refractivity (Wildman–Crippen MR) is 99.6 cm³/mol. The lowest BCUT2D eigenvalue weighted by Crippen LogP contribution is -2.53. The fourth-order valence-electron chi connectivity index (χ4n) is 2.96. The number of aryl methyl sites for hydroxylation is 1. The van der Waals surface area contributed by atoms with E-state index in [1.807, 2.05) is 0 Å². The first-order valence-corrected chi connectivity index (χ1v) is 8.32. The summed E-state index contributed by atoms with van der Waals surface area (Å²) in [6, 6.07) is 0. The van der Waals surface area contributed by atoms with E-state index in [1.165, 1.54) is 0 Å². The maximum absolute atomic E-state index is 5.90. The molecule has 24 heavy (non-hydrogen) atoms. The minimum atomic E-state index is 0. The van der Waals surface area contributed by atoms with E-state index in [0.717, 1.165) is 45.0 Å². The van der Waals surface area contributed by atoms with Crippen molar-refractivity contribution < 1.29 is 14.0 Å². The van der Waals surface area contributed by atoms with E-state index in [4.69, 9.17) is 14.0 Å². The molecular weight excluding hydrogens is 425 g/mol. The second-order valence-corrected chi connectivity index (χ2v) is 5.81. The number of guanidine groups is 1. The van der Waals surface area contributed by atoms with Crippen molar-refractivity contribution in [3.8, 4) is 0 Å². The van der Waals surface area contributed by atoms with E-state index in [2.05, 4.69) is 32.3 Å². The molecule has 2 aliphatic heterocycles. The van der Waals surface area contributed by atoms with Crippen LogP contribution >= 0.6 is 24.0 Å². The standard InChI is InChI=1S/C15H25N5O3.HI/c1-3-16-15(17-9-14-18-11(2)19-23-14)20-6-8-22-13(10-20)12-5-4-7-21-12;/h12-13H,3-10H2,1-2H3,(H,16,17);1H. The maximum atomic E-state index is 5.90. The second-order valence-electron chi connectivity index (χ2n) is 5.81. The third-order valence-corrected chi connectivity index (χ3v) is 4.04. The number of aromatic nitrogens is 2. The van der Waals surface area contributed by atoms with Crippen LogP contribution in [0.25, 0.3) is 0 Å². The summed E-state index contributed by atoms with van der Waals surface area (Å²) in [4.78, 5) is 11.0. The Balaban J connectivity index is 0.00000208. The molecular formula is C15H26IN5O3. The molecule has 1 aromatic rings. The van der Waals surface area contributed by atoms with E-state index in [0.29, 0.717) is 24.9 Å². The highest BCUT2D eigenvalue weighted by Gasteiger charge is 2.32. The number of nitrogens with zero attached hydrogens (tertiary/aromatic N) is 4. The first-order chi connectivity index (χ1) is 11.3. The van der Waals surface area contributed by atoms with Gasteiger partial charge in [-0.15, -0.1) is 24.0 Å². The van der Waals surface area contributed by atoms with E-state index in [9.17, 15) is 0 Å². The summed E-state index contributed by atoms with van der Waals surface area (Å²) < 4.78 is 16.8. The molecule has 8 nitrogen and oxygen atoms in total. The topological polar surface area (TPSA) is 85.0 Å². The van der Waals surface area contributed by atoms with Crippen molar-refractivity contribution in [2.24, 2.45) is 4.99 Å². The zero-order valence-electron chi connectivity index (χ0n) is 14.2. The molecule has 136 valence electrons. The van der Waals surface area contributed by atoms with Gasteiger partial charge in [0.25, 0.3) is 0 Å². The number of rotatable bonds is 4. The SMILES string of the molecule is CCNC(=NCc1nc(C)no1)N1CCOC(C2CCCO2)C1.I. The number of ether oxygens (including phenoxy) is 2. The van der Waals surface area contributed by atoms with Gasteiger partial charge >= 0.3 is 0 Å². The van der Waals surface area contributed by atoms with Gasteiger partial charge in [-0.3, -0.25) is 0 Å². The van der Waals surface area contributed by atoms with Crippen molar-refractivity contribution in [2.75, 3.05) is 32.8 Å². The first kappa shape index (κ1) is 19.4. The van der Waals surface area contributed by atoms with Gasteiger partial charge in [0.05, 0.1) is 12.7 Å². The lowest BCUT2D eigenvalue weighted by Gasteiger charge is -2.37. The molecule has 0 bridgehead atoms. The Kier molecular flexibility index (Phi) is 7.69. The zero-order valence-corrected chi connectivity index (χ0v) is 16.6. The number of morpholine rings is 1. The molecule has 0 amide bonds. The van der Waals surface area contributed by atoms with Crippen LogP contribution in [0.2, 0.25) is 0 Å². The monoisotopic (exact) mass is 451 g/mol. The number of nitrogens with one attached hydrogen (secondary N) is 1. The van der Waals surface area contributed by atoms with Gasteiger partial charge in [0.1, 0.15) is 12.6 Å². The maximum Gasteiger partial charge on any atom is 0.248 e. The summed E-state index contributed by atoms with van der Waals surface area (Å²) in [5.41, 5.74) is 0. The third kappa shape index (κ3) is 5.03. The summed E-state index contributed by atoms with van der Waals surface area (Å²) in [6.45, 7) is 8.19. The molecule has 1 aromatic heterocycles. The van der Waals surface area contributed by atoms with Crippen LogP contribution in [0.4, 0.5) is 0 Å². The average molecular weight is 451 g/mol. The van der Waals surface area contributed by atoms with Gasteiger partial charge in [-0.1, -0.05) is 5.16 Å². The van der Waals surface area contributed by atoms with Gasteiger partial charge in [0.15, 0.2) is 11.8 Å². The van der Waals surface area contributed by atoms with Crippen LogP contribution in [0.15, 0.2) is 9.52 Å². The van der Waals surface area contributed by atoms with Crippen LogP contribution in [-0.2, 0) is 16.0 Å². The Labute approximate surface area is 159 Å². The zero-order chi connectivity index (χ0) is 16.1.